The number of rotatable bonds is 6. The maximum absolute atomic E-state index is 12.9. The summed E-state index contributed by atoms with van der Waals surface area (Å²) in [5, 5.41) is 0. The Morgan fingerprint density at radius 3 is 1.29 bits per heavy atom. The lowest BCUT2D eigenvalue weighted by Gasteiger charge is -2.33. The fourth-order valence-corrected chi connectivity index (χ4v) is 2.80. The highest BCUT2D eigenvalue weighted by Crippen LogP contribution is 2.08. The van der Waals surface area contributed by atoms with Gasteiger partial charge in [0.1, 0.15) is 11.6 Å². The normalized spacial score (nSPS) is 14.8. The lowest BCUT2D eigenvalue weighted by Crippen LogP contribution is -2.41. The number of hydrogen-bond acceptors (Lipinski definition) is 4. The van der Waals surface area contributed by atoms with Gasteiger partial charge in [0, 0.05) is 61.9 Å². The van der Waals surface area contributed by atoms with Crippen molar-refractivity contribution in [2.45, 2.75) is 0 Å². The molecule has 3 rings (SSSR count). The summed E-state index contributed by atoms with van der Waals surface area (Å²) < 4.78 is 25.8. The number of piperazine rings is 1. The Morgan fingerprint density at radius 1 is 0.643 bits per heavy atom. The lowest BCUT2D eigenvalue weighted by atomic mass is 10.1. The van der Waals surface area contributed by atoms with Crippen molar-refractivity contribution in [3.05, 3.63) is 95.8 Å². The number of benzene rings is 2. The van der Waals surface area contributed by atoms with Crippen LogP contribution in [-0.2, 0) is 0 Å². The van der Waals surface area contributed by atoms with Gasteiger partial charge in [-0.1, -0.05) is 0 Å². The standard InChI is InChI=1S/C22H20F2N2O2/c23-19-5-1-17(2-6-19)21(27)9-11-25-13-15-26(16-14-25)12-10-22(28)18-3-7-20(24)8-4-18/h1-12H,13-16H2/b11-9+,12-10+. The fraction of sp³-hybridized carbons (Fsp3) is 0.182. The zero-order valence-corrected chi connectivity index (χ0v) is 15.2. The minimum Gasteiger partial charge on any atom is -0.374 e. The average molecular weight is 382 g/mol. The molecular weight excluding hydrogens is 362 g/mol. The molecule has 1 heterocycles. The van der Waals surface area contributed by atoms with Crippen LogP contribution in [0, 0.1) is 11.6 Å². The number of ketones is 2. The zero-order valence-electron chi connectivity index (χ0n) is 15.2. The number of nitrogens with zero attached hydrogens (tertiary/aromatic N) is 2. The Balaban J connectivity index is 1.47. The van der Waals surface area contributed by atoms with Gasteiger partial charge in [0.15, 0.2) is 11.6 Å². The van der Waals surface area contributed by atoms with Gasteiger partial charge in [-0.3, -0.25) is 9.59 Å². The number of halogens is 2. The third kappa shape index (κ3) is 5.36. The molecule has 1 aliphatic rings. The molecule has 0 aromatic heterocycles. The highest BCUT2D eigenvalue weighted by Gasteiger charge is 2.12. The predicted octanol–water partition coefficient (Wildman–Crippen LogP) is 3.68. The molecule has 1 aliphatic heterocycles. The van der Waals surface area contributed by atoms with E-state index in [0.29, 0.717) is 37.3 Å². The highest BCUT2D eigenvalue weighted by molar-refractivity contribution is 6.04. The van der Waals surface area contributed by atoms with E-state index >= 15 is 0 Å². The van der Waals surface area contributed by atoms with Crippen molar-refractivity contribution in [2.75, 3.05) is 26.2 Å². The molecule has 1 saturated heterocycles. The molecule has 0 bridgehead atoms. The van der Waals surface area contributed by atoms with Crippen LogP contribution in [0.4, 0.5) is 8.78 Å². The van der Waals surface area contributed by atoms with Crippen molar-refractivity contribution < 1.29 is 18.4 Å². The number of carbonyl (C=O) groups is 2. The Kier molecular flexibility index (Phi) is 6.32. The van der Waals surface area contributed by atoms with Crippen LogP contribution in [0.1, 0.15) is 20.7 Å². The van der Waals surface area contributed by atoms with Crippen molar-refractivity contribution >= 4 is 11.6 Å². The van der Waals surface area contributed by atoms with Gasteiger partial charge in [-0.2, -0.15) is 0 Å². The second-order valence-corrected chi connectivity index (χ2v) is 6.45. The van der Waals surface area contributed by atoms with Crippen LogP contribution < -0.4 is 0 Å². The van der Waals surface area contributed by atoms with Crippen LogP contribution in [0.2, 0.25) is 0 Å². The van der Waals surface area contributed by atoms with Crippen LogP contribution >= 0.6 is 0 Å². The summed E-state index contributed by atoms with van der Waals surface area (Å²) in [7, 11) is 0. The molecule has 0 aliphatic carbocycles. The Labute approximate surface area is 162 Å². The first kappa shape index (κ1) is 19.5. The van der Waals surface area contributed by atoms with E-state index in [1.54, 1.807) is 12.4 Å². The van der Waals surface area contributed by atoms with Gasteiger partial charge in [0.25, 0.3) is 0 Å². The third-order valence-corrected chi connectivity index (χ3v) is 4.48. The van der Waals surface area contributed by atoms with Crippen molar-refractivity contribution in [3.63, 3.8) is 0 Å². The van der Waals surface area contributed by atoms with Crippen molar-refractivity contribution in [3.8, 4) is 0 Å². The molecule has 0 radical (unpaired) electrons. The minimum absolute atomic E-state index is 0.174. The summed E-state index contributed by atoms with van der Waals surface area (Å²) in [5.41, 5.74) is 0.886. The second-order valence-electron chi connectivity index (χ2n) is 6.45. The first-order chi connectivity index (χ1) is 13.5. The van der Waals surface area contributed by atoms with Gasteiger partial charge in [-0.05, 0) is 48.5 Å². The molecule has 0 unspecified atom stereocenters. The van der Waals surface area contributed by atoms with Gasteiger partial charge in [-0.15, -0.1) is 0 Å². The fourth-order valence-electron chi connectivity index (χ4n) is 2.80. The average Bonchev–Trinajstić information content (AvgIpc) is 2.72. The topological polar surface area (TPSA) is 40.6 Å². The van der Waals surface area contributed by atoms with Crippen molar-refractivity contribution in [1.82, 2.24) is 9.80 Å². The van der Waals surface area contributed by atoms with Crippen LogP contribution in [0.15, 0.2) is 73.1 Å². The van der Waals surface area contributed by atoms with Crippen molar-refractivity contribution in [2.24, 2.45) is 0 Å². The Morgan fingerprint density at radius 2 is 0.964 bits per heavy atom. The Bertz CT molecular complexity index is 806. The van der Waals surface area contributed by atoms with Crippen LogP contribution in [0.5, 0.6) is 0 Å². The monoisotopic (exact) mass is 382 g/mol. The quantitative estimate of drug-likeness (QED) is 0.565. The Hall–Kier alpha value is -3.28. The summed E-state index contributed by atoms with van der Waals surface area (Å²) >= 11 is 0. The number of carbonyl (C=O) groups excluding carboxylic acids is 2. The third-order valence-electron chi connectivity index (χ3n) is 4.48. The zero-order chi connectivity index (χ0) is 19.9. The molecule has 0 spiro atoms. The summed E-state index contributed by atoms with van der Waals surface area (Å²) in [4.78, 5) is 28.2. The van der Waals surface area contributed by atoms with Gasteiger partial charge in [-0.25, -0.2) is 8.78 Å². The molecule has 0 saturated carbocycles. The molecule has 0 amide bonds. The number of allylic oxidation sites excluding steroid dienone is 2. The van der Waals surface area contributed by atoms with Crippen LogP contribution in [0.3, 0.4) is 0 Å². The smallest absolute Gasteiger partial charge is 0.187 e. The summed E-state index contributed by atoms with van der Waals surface area (Å²) in [6.07, 6.45) is 6.46. The molecule has 0 N–H and O–H groups in total. The van der Waals surface area contributed by atoms with Gasteiger partial charge < -0.3 is 9.80 Å². The van der Waals surface area contributed by atoms with Gasteiger partial charge in [0.2, 0.25) is 0 Å². The molecular formula is C22H20F2N2O2. The minimum atomic E-state index is -0.373. The molecule has 6 heteroatoms. The molecule has 0 atom stereocenters. The molecule has 2 aromatic carbocycles. The maximum Gasteiger partial charge on any atom is 0.187 e. The molecule has 4 nitrogen and oxygen atoms in total. The van der Waals surface area contributed by atoms with Crippen LogP contribution in [0.25, 0.3) is 0 Å². The number of hydrogen-bond donors (Lipinski definition) is 0. The van der Waals surface area contributed by atoms with E-state index in [4.69, 9.17) is 0 Å². The molecule has 28 heavy (non-hydrogen) atoms. The van der Waals surface area contributed by atoms with E-state index in [-0.39, 0.29) is 23.2 Å². The van der Waals surface area contributed by atoms with E-state index in [0.717, 1.165) is 0 Å². The predicted molar refractivity (Wildman–Crippen MR) is 103 cm³/mol. The SMILES string of the molecule is O=C(/C=C/N1CCN(/C=C/C(=O)c2ccc(F)cc2)CC1)c1ccc(F)cc1. The molecule has 2 aromatic rings. The first-order valence-corrected chi connectivity index (χ1v) is 8.95. The van der Waals surface area contributed by atoms with E-state index in [1.165, 1.54) is 60.7 Å². The lowest BCUT2D eigenvalue weighted by molar-refractivity contribution is 0.103. The first-order valence-electron chi connectivity index (χ1n) is 8.95. The van der Waals surface area contributed by atoms with Gasteiger partial charge in [0.05, 0.1) is 0 Å². The van der Waals surface area contributed by atoms with Gasteiger partial charge >= 0.3 is 0 Å². The van der Waals surface area contributed by atoms with E-state index in [9.17, 15) is 18.4 Å². The van der Waals surface area contributed by atoms with Crippen molar-refractivity contribution in [1.29, 1.82) is 0 Å². The summed E-state index contributed by atoms with van der Waals surface area (Å²) in [6.45, 7) is 2.84. The van der Waals surface area contributed by atoms with E-state index in [1.807, 2.05) is 9.80 Å². The second kappa shape index (κ2) is 9.08. The highest BCUT2D eigenvalue weighted by atomic mass is 19.1. The van der Waals surface area contributed by atoms with E-state index in [2.05, 4.69) is 0 Å². The molecule has 1 fully saturated rings. The maximum atomic E-state index is 12.9. The summed E-state index contributed by atoms with van der Waals surface area (Å²) in [5.74, 6) is -1.09. The van der Waals surface area contributed by atoms with E-state index < -0.39 is 0 Å². The summed E-state index contributed by atoms with van der Waals surface area (Å²) in [6, 6.07) is 10.9. The largest absolute Gasteiger partial charge is 0.374 e. The van der Waals surface area contributed by atoms with Crippen LogP contribution in [-0.4, -0.2) is 47.5 Å². The molecule has 144 valence electrons.